The van der Waals surface area contributed by atoms with Crippen molar-refractivity contribution in [2.45, 2.75) is 32.3 Å². The van der Waals surface area contributed by atoms with E-state index in [0.29, 0.717) is 5.75 Å². The first kappa shape index (κ1) is 27.2. The van der Waals surface area contributed by atoms with Gasteiger partial charge in [-0.05, 0) is 105 Å². The Morgan fingerprint density at radius 1 is 0.690 bits per heavy atom. The zero-order valence-corrected chi connectivity index (χ0v) is 26.5. The third-order valence-corrected chi connectivity index (χ3v) is 11.0. The molecule has 0 radical (unpaired) electrons. The Morgan fingerprint density at radius 3 is 2.02 bits per heavy atom. The van der Waals surface area contributed by atoms with Gasteiger partial charge in [-0.1, -0.05) is 60.3 Å². The van der Waals surface area contributed by atoms with Crippen molar-refractivity contribution in [3.05, 3.63) is 94.5 Å². The molecule has 3 nitrogen and oxygen atoms in total. The molecule has 0 saturated heterocycles. The molecule has 0 atom stereocenters. The smallest absolute Gasteiger partial charge is 0.0709 e. The molecule has 0 spiro atoms. The zero-order valence-electron chi connectivity index (χ0n) is 24.9. The summed E-state index contributed by atoms with van der Waals surface area (Å²) in [7, 11) is -0.0203. The molecular formula is C37H36N2OS2. The van der Waals surface area contributed by atoms with Gasteiger partial charge >= 0.3 is 0 Å². The highest BCUT2D eigenvalue weighted by Gasteiger charge is 2.26. The molecule has 5 heteroatoms. The highest BCUT2D eigenvalue weighted by Crippen LogP contribution is 2.52. The summed E-state index contributed by atoms with van der Waals surface area (Å²) < 4.78 is 5.80. The van der Waals surface area contributed by atoms with E-state index in [-0.39, 0.29) is 0 Å². The number of hydrogen-bond acceptors (Lipinski definition) is 4. The predicted molar refractivity (Wildman–Crippen MR) is 193 cm³/mol. The second-order valence-corrected chi connectivity index (χ2v) is 15.0. The first-order valence-electron chi connectivity index (χ1n) is 14.2. The van der Waals surface area contributed by atoms with E-state index in [9.17, 15) is 0 Å². The molecule has 42 heavy (non-hydrogen) atoms. The minimum absolute atomic E-state index is 0.692. The van der Waals surface area contributed by atoms with Crippen molar-refractivity contribution < 1.29 is 4.18 Å². The first-order valence-corrected chi connectivity index (χ1v) is 17.7. The number of aryl methyl sites for hydroxylation is 3. The first-order chi connectivity index (χ1) is 20.2. The van der Waals surface area contributed by atoms with Crippen LogP contribution < -0.4 is 10.6 Å². The monoisotopic (exact) mass is 588 g/mol. The molecule has 212 valence electrons. The Hall–Kier alpha value is -3.64. The summed E-state index contributed by atoms with van der Waals surface area (Å²) in [6, 6.07) is 24.6. The van der Waals surface area contributed by atoms with Gasteiger partial charge in [0.25, 0.3) is 0 Å². The average molecular weight is 589 g/mol. The summed E-state index contributed by atoms with van der Waals surface area (Å²) in [5.41, 5.74) is 11.0. The quantitative estimate of drug-likeness (QED) is 0.155. The Bertz CT molecular complexity index is 2210. The molecule has 0 aliphatic carbocycles. The number of rotatable bonds is 5. The molecule has 0 aromatic heterocycles. The van der Waals surface area contributed by atoms with Gasteiger partial charge in [0.15, 0.2) is 0 Å². The molecule has 6 aromatic rings. The lowest BCUT2D eigenvalue weighted by atomic mass is 9.88. The van der Waals surface area contributed by atoms with Gasteiger partial charge in [-0.3, -0.25) is 0 Å². The van der Waals surface area contributed by atoms with Gasteiger partial charge in [0, 0.05) is 29.4 Å². The van der Waals surface area contributed by atoms with Gasteiger partial charge in [0.05, 0.1) is 22.7 Å². The molecule has 1 heterocycles. The van der Waals surface area contributed by atoms with Crippen LogP contribution in [0.3, 0.4) is 0 Å². The number of benzene rings is 6. The maximum absolute atomic E-state index is 5.80. The van der Waals surface area contributed by atoms with Crippen molar-refractivity contribution >= 4 is 98.8 Å². The van der Waals surface area contributed by atoms with E-state index >= 15 is 0 Å². The van der Waals surface area contributed by atoms with Crippen LogP contribution in [0.5, 0.6) is 0 Å². The molecule has 0 saturated carbocycles. The van der Waals surface area contributed by atoms with E-state index < -0.39 is 9.49 Å². The zero-order chi connectivity index (χ0) is 29.3. The van der Waals surface area contributed by atoms with Crippen LogP contribution in [0.1, 0.15) is 27.8 Å². The summed E-state index contributed by atoms with van der Waals surface area (Å²) in [5.74, 6) is 10.4. The van der Waals surface area contributed by atoms with Crippen molar-refractivity contribution in [2.24, 2.45) is 0 Å². The van der Waals surface area contributed by atoms with Gasteiger partial charge in [-0.15, -0.1) is 9.49 Å². The van der Waals surface area contributed by atoms with Crippen LogP contribution in [0, 0.1) is 20.8 Å². The molecule has 6 aromatic carbocycles. The van der Waals surface area contributed by atoms with Crippen LogP contribution >= 0.6 is 21.2 Å². The fourth-order valence-electron chi connectivity index (χ4n) is 6.83. The number of fused-ring (bicyclic) bond motifs is 8. The summed E-state index contributed by atoms with van der Waals surface area (Å²) in [6.45, 7) is 6.69. The minimum Gasteiger partial charge on any atom is -0.351 e. The normalized spacial score (nSPS) is 12.9. The Balaban J connectivity index is 1.54. The van der Waals surface area contributed by atoms with Crippen LogP contribution in [-0.2, 0) is 15.7 Å². The molecule has 2 N–H and O–H groups in total. The van der Waals surface area contributed by atoms with Crippen molar-refractivity contribution in [3.8, 4) is 0 Å². The number of anilines is 4. The number of hydrogen-bond donors (Lipinski definition) is 2. The SMILES string of the molecule is C=S(=C)(Cc1c2ccccc2c(C)c2c3c(c(C)cc12)Nc1c(c(C)cc2c(CSC)c4ccccc4cc12)N3)OC. The third-order valence-electron chi connectivity index (χ3n) is 8.91. The maximum Gasteiger partial charge on any atom is 0.0709 e. The molecular weight excluding hydrogens is 553 g/mol. The van der Waals surface area contributed by atoms with Crippen LogP contribution in [0.2, 0.25) is 0 Å². The lowest BCUT2D eigenvalue weighted by Gasteiger charge is -2.31. The van der Waals surface area contributed by atoms with Crippen molar-refractivity contribution in [1.29, 1.82) is 0 Å². The largest absolute Gasteiger partial charge is 0.351 e. The van der Waals surface area contributed by atoms with Crippen molar-refractivity contribution in [1.82, 2.24) is 0 Å². The number of nitrogens with one attached hydrogen (secondary N) is 2. The molecule has 0 unspecified atom stereocenters. The van der Waals surface area contributed by atoms with Crippen LogP contribution in [0.25, 0.3) is 43.1 Å². The third kappa shape index (κ3) is 4.10. The molecule has 7 rings (SSSR count). The van der Waals surface area contributed by atoms with Crippen LogP contribution in [0.15, 0.2) is 66.7 Å². The highest BCUT2D eigenvalue weighted by atomic mass is 32.2. The summed E-state index contributed by atoms with van der Waals surface area (Å²) in [6.07, 6.45) is 2.19. The lowest BCUT2D eigenvalue weighted by Crippen LogP contribution is -2.11. The second-order valence-electron chi connectivity index (χ2n) is 11.6. The summed E-state index contributed by atoms with van der Waals surface area (Å²) >= 11 is 1.88. The molecule has 1 aliphatic rings. The maximum atomic E-state index is 5.80. The fraction of sp³-hybridized carbons (Fsp3) is 0.189. The Kier molecular flexibility index (Phi) is 6.46. The predicted octanol–water partition coefficient (Wildman–Crippen LogP) is 10.6. The lowest BCUT2D eigenvalue weighted by molar-refractivity contribution is 0.485. The van der Waals surface area contributed by atoms with Gasteiger partial charge in [-0.25, -0.2) is 0 Å². The Morgan fingerprint density at radius 2 is 1.31 bits per heavy atom. The molecule has 0 bridgehead atoms. The van der Waals surface area contributed by atoms with Gasteiger partial charge in [0.1, 0.15) is 0 Å². The van der Waals surface area contributed by atoms with E-state index in [0.717, 1.165) is 28.5 Å². The van der Waals surface area contributed by atoms with Crippen LogP contribution in [0.4, 0.5) is 22.7 Å². The molecule has 0 amide bonds. The number of thioether (sulfide) groups is 1. The summed E-state index contributed by atoms with van der Waals surface area (Å²) in [5, 5.41) is 18.1. The van der Waals surface area contributed by atoms with E-state index in [1.807, 2.05) is 11.8 Å². The van der Waals surface area contributed by atoms with E-state index in [1.54, 1.807) is 7.11 Å². The standard InChI is InChI=1S/C37H36N2OS2/c1-21-16-28-30(18-24-12-8-9-14-26(24)31(28)19-41-5)36-34(21)39-37-33-23(3)25-13-10-11-15-27(25)32(20-42(6,7)40-4)29(33)17-22(2)35(37)38-36/h8-18,38-39H,6-7,19-20H2,1-5H3. The molecule has 0 fully saturated rings. The highest BCUT2D eigenvalue weighted by molar-refractivity contribution is 8.23. The van der Waals surface area contributed by atoms with E-state index in [1.165, 1.54) is 70.9 Å². The van der Waals surface area contributed by atoms with Crippen LogP contribution in [-0.4, -0.2) is 25.1 Å². The summed E-state index contributed by atoms with van der Waals surface area (Å²) in [4.78, 5) is 0. The van der Waals surface area contributed by atoms with Crippen molar-refractivity contribution in [2.75, 3.05) is 24.0 Å². The minimum atomic E-state index is -1.75. The topological polar surface area (TPSA) is 33.3 Å². The van der Waals surface area contributed by atoms with Gasteiger partial charge < -0.3 is 14.8 Å². The second kappa shape index (κ2) is 9.98. The van der Waals surface area contributed by atoms with E-state index in [4.69, 9.17) is 4.18 Å². The van der Waals surface area contributed by atoms with Gasteiger partial charge in [-0.2, -0.15) is 11.8 Å². The van der Waals surface area contributed by atoms with E-state index in [2.05, 4.69) is 116 Å². The fourth-order valence-corrected chi connectivity index (χ4v) is 8.39. The van der Waals surface area contributed by atoms with Gasteiger partial charge in [0.2, 0.25) is 0 Å². The molecule has 1 aliphatic heterocycles. The average Bonchev–Trinajstić information content (AvgIpc) is 2.99. The Labute approximate surface area is 253 Å². The van der Waals surface area contributed by atoms with Crippen molar-refractivity contribution in [3.63, 3.8) is 0 Å².